The molecule has 0 fully saturated rings. The van der Waals surface area contributed by atoms with Crippen LogP contribution in [0.4, 0.5) is 5.82 Å². The zero-order chi connectivity index (χ0) is 25.7. The maximum Gasteiger partial charge on any atom is 0.290 e. The van der Waals surface area contributed by atoms with Gasteiger partial charge >= 0.3 is 0 Å². The van der Waals surface area contributed by atoms with Crippen molar-refractivity contribution in [2.45, 2.75) is 20.3 Å². The molecule has 182 valence electrons. The number of aromatic amines is 1. The van der Waals surface area contributed by atoms with Gasteiger partial charge in [0.2, 0.25) is 11.6 Å². The Bertz CT molecular complexity index is 1430. The lowest BCUT2D eigenvalue weighted by Crippen LogP contribution is -2.27. The molecule has 36 heavy (non-hydrogen) atoms. The summed E-state index contributed by atoms with van der Waals surface area (Å²) in [5, 5.41) is 27.4. The van der Waals surface area contributed by atoms with Gasteiger partial charge in [-0.2, -0.15) is 10.4 Å². The molecule has 3 N–H and O–H groups in total. The zero-order valence-electron chi connectivity index (χ0n) is 19.7. The predicted molar refractivity (Wildman–Crippen MR) is 134 cm³/mol. The summed E-state index contributed by atoms with van der Waals surface area (Å²) in [6.07, 6.45) is 0.535. The molecule has 0 atom stereocenters. The highest BCUT2D eigenvalue weighted by Crippen LogP contribution is 2.26. The van der Waals surface area contributed by atoms with Crippen molar-refractivity contribution in [3.05, 3.63) is 87.6 Å². The fourth-order valence-electron chi connectivity index (χ4n) is 3.48. The van der Waals surface area contributed by atoms with Gasteiger partial charge in [0.1, 0.15) is 23.3 Å². The monoisotopic (exact) mass is 502 g/mol. The summed E-state index contributed by atoms with van der Waals surface area (Å²) in [4.78, 5) is 29.3. The molecular formula is C25H23ClN8O2. The van der Waals surface area contributed by atoms with Gasteiger partial charge in [-0.05, 0) is 44.5 Å². The van der Waals surface area contributed by atoms with E-state index >= 15 is 0 Å². The fraction of sp³-hybridized carbons (Fsp3) is 0.200. The van der Waals surface area contributed by atoms with E-state index in [1.165, 1.54) is 4.68 Å². The largest absolute Gasteiger partial charge is 0.369 e. The van der Waals surface area contributed by atoms with Crippen molar-refractivity contribution >= 4 is 29.1 Å². The number of hydrogen-bond acceptors (Lipinski definition) is 7. The number of carbonyl (C=O) groups excluding carboxylic acids is 2. The Balaban J connectivity index is 1.55. The smallest absolute Gasteiger partial charge is 0.290 e. The van der Waals surface area contributed by atoms with Crippen LogP contribution in [0.2, 0.25) is 5.02 Å². The van der Waals surface area contributed by atoms with Crippen LogP contribution in [0.25, 0.3) is 5.69 Å². The lowest BCUT2D eigenvalue weighted by atomic mass is 10.0. The Labute approximate surface area is 212 Å². The van der Waals surface area contributed by atoms with Gasteiger partial charge in [0.15, 0.2) is 5.69 Å². The summed E-state index contributed by atoms with van der Waals surface area (Å²) in [5.74, 6) is 0.279. The summed E-state index contributed by atoms with van der Waals surface area (Å²) >= 11 is 6.04. The number of halogens is 1. The van der Waals surface area contributed by atoms with Gasteiger partial charge in [-0.1, -0.05) is 41.4 Å². The first kappa shape index (κ1) is 24.6. The van der Waals surface area contributed by atoms with Crippen LogP contribution < -0.4 is 10.6 Å². The third-order valence-corrected chi connectivity index (χ3v) is 5.58. The van der Waals surface area contributed by atoms with Crippen LogP contribution in [0.15, 0.2) is 48.5 Å². The lowest BCUT2D eigenvalue weighted by molar-refractivity contribution is 0.0943. The molecule has 0 bridgehead atoms. The SMILES string of the molecule is Cc1ccc(C(=O)c2nn(-c3ccc(Cl)cc3)c(NCCCNC(=O)c3n[nH]c(C)n3)c2C#N)cc1. The van der Waals surface area contributed by atoms with Crippen molar-refractivity contribution in [1.29, 1.82) is 5.26 Å². The van der Waals surface area contributed by atoms with Crippen molar-refractivity contribution < 1.29 is 9.59 Å². The Morgan fingerprint density at radius 1 is 1.08 bits per heavy atom. The van der Waals surface area contributed by atoms with Crippen LogP contribution in [0, 0.1) is 25.2 Å². The first-order chi connectivity index (χ1) is 17.4. The van der Waals surface area contributed by atoms with E-state index in [1.54, 1.807) is 43.3 Å². The fourth-order valence-corrected chi connectivity index (χ4v) is 3.60. The van der Waals surface area contributed by atoms with Crippen LogP contribution >= 0.6 is 11.6 Å². The quantitative estimate of drug-likeness (QED) is 0.234. The number of rotatable bonds is 9. The highest BCUT2D eigenvalue weighted by molar-refractivity contribution is 6.30. The van der Waals surface area contributed by atoms with Crippen molar-refractivity contribution in [2.24, 2.45) is 0 Å². The topological polar surface area (TPSA) is 141 Å². The summed E-state index contributed by atoms with van der Waals surface area (Å²) < 4.78 is 1.52. The highest BCUT2D eigenvalue weighted by Gasteiger charge is 2.25. The highest BCUT2D eigenvalue weighted by atomic mass is 35.5. The number of anilines is 1. The van der Waals surface area contributed by atoms with Gasteiger partial charge in [0.05, 0.1) is 5.69 Å². The van der Waals surface area contributed by atoms with Crippen LogP contribution in [0.5, 0.6) is 0 Å². The van der Waals surface area contributed by atoms with Crippen LogP contribution in [-0.2, 0) is 0 Å². The second-order valence-electron chi connectivity index (χ2n) is 8.05. The number of benzene rings is 2. The minimum atomic E-state index is -0.380. The van der Waals surface area contributed by atoms with Crippen molar-refractivity contribution in [3.63, 3.8) is 0 Å². The maximum atomic E-state index is 13.2. The molecule has 4 rings (SSSR count). The van der Waals surface area contributed by atoms with E-state index < -0.39 is 0 Å². The number of H-pyrrole nitrogens is 1. The first-order valence-corrected chi connectivity index (χ1v) is 11.6. The minimum absolute atomic E-state index is 0.0482. The number of nitriles is 1. The van der Waals surface area contributed by atoms with Gasteiger partial charge in [-0.15, -0.1) is 5.10 Å². The van der Waals surface area contributed by atoms with Crippen LogP contribution in [0.1, 0.15) is 50.0 Å². The molecule has 0 aliphatic heterocycles. The maximum absolute atomic E-state index is 13.2. The first-order valence-electron chi connectivity index (χ1n) is 11.2. The summed E-state index contributed by atoms with van der Waals surface area (Å²) in [7, 11) is 0. The molecule has 2 aromatic heterocycles. The molecule has 2 aromatic carbocycles. The molecule has 0 radical (unpaired) electrons. The average molecular weight is 503 g/mol. The average Bonchev–Trinajstić information content (AvgIpc) is 3.48. The molecule has 10 nitrogen and oxygen atoms in total. The molecule has 1 amide bonds. The van der Waals surface area contributed by atoms with Crippen molar-refractivity contribution in [2.75, 3.05) is 18.4 Å². The molecule has 4 aromatic rings. The summed E-state index contributed by atoms with van der Waals surface area (Å²) in [5.41, 5.74) is 2.28. The van der Waals surface area contributed by atoms with E-state index in [-0.39, 0.29) is 28.8 Å². The van der Waals surface area contributed by atoms with Gasteiger partial charge in [0, 0.05) is 23.7 Å². The second kappa shape index (κ2) is 10.8. The Hall–Kier alpha value is -4.49. The number of hydrogen-bond donors (Lipinski definition) is 3. The van der Waals surface area contributed by atoms with E-state index in [9.17, 15) is 14.9 Å². The molecule has 0 saturated heterocycles. The lowest BCUT2D eigenvalue weighted by Gasteiger charge is -2.10. The Morgan fingerprint density at radius 3 is 2.44 bits per heavy atom. The third-order valence-electron chi connectivity index (χ3n) is 5.33. The van der Waals surface area contributed by atoms with Gasteiger partial charge in [-0.3, -0.25) is 14.7 Å². The molecule has 0 saturated carbocycles. The van der Waals surface area contributed by atoms with E-state index in [0.29, 0.717) is 47.4 Å². The zero-order valence-corrected chi connectivity index (χ0v) is 20.4. The second-order valence-corrected chi connectivity index (χ2v) is 8.48. The molecule has 0 aliphatic carbocycles. The Kier molecular flexibility index (Phi) is 7.42. The van der Waals surface area contributed by atoms with Crippen molar-refractivity contribution in [3.8, 4) is 11.8 Å². The number of aryl methyl sites for hydroxylation is 2. The molecule has 0 aliphatic rings. The van der Waals surface area contributed by atoms with Gasteiger partial charge < -0.3 is 10.6 Å². The molecule has 0 unspecified atom stereocenters. The van der Waals surface area contributed by atoms with Crippen molar-refractivity contribution in [1.82, 2.24) is 30.3 Å². The molecule has 11 heteroatoms. The number of nitrogens with one attached hydrogen (secondary N) is 3. The number of nitrogens with zero attached hydrogens (tertiary/aromatic N) is 5. The van der Waals surface area contributed by atoms with Crippen LogP contribution in [0.3, 0.4) is 0 Å². The molecular weight excluding hydrogens is 480 g/mol. The molecule has 0 spiro atoms. The standard InChI is InChI=1S/C25H23ClN8O2/c1-15-4-6-17(7-5-15)22(35)21-20(14-27)24(34(33-21)19-10-8-18(26)9-11-19)28-12-3-13-29-25(36)23-30-16(2)31-32-23/h4-11,28H,3,12-13H2,1-2H3,(H,29,36)(H,30,31,32). The van der Waals surface area contributed by atoms with E-state index in [4.69, 9.17) is 11.6 Å². The predicted octanol–water partition coefficient (Wildman–Crippen LogP) is 3.60. The van der Waals surface area contributed by atoms with E-state index in [0.717, 1.165) is 5.56 Å². The van der Waals surface area contributed by atoms with E-state index in [1.807, 2.05) is 19.1 Å². The number of ketones is 1. The summed E-state index contributed by atoms with van der Waals surface area (Å²) in [6, 6.07) is 16.1. The normalized spacial score (nSPS) is 10.6. The third kappa shape index (κ3) is 5.42. The molecule has 2 heterocycles. The van der Waals surface area contributed by atoms with Gasteiger partial charge in [-0.25, -0.2) is 9.67 Å². The van der Waals surface area contributed by atoms with Gasteiger partial charge in [0.25, 0.3) is 5.91 Å². The van der Waals surface area contributed by atoms with Crippen LogP contribution in [-0.4, -0.2) is 49.7 Å². The number of amides is 1. The summed E-state index contributed by atoms with van der Waals surface area (Å²) in [6.45, 7) is 4.40. The van der Waals surface area contributed by atoms with E-state index in [2.05, 4.69) is 37.0 Å². The number of aromatic nitrogens is 5. The minimum Gasteiger partial charge on any atom is -0.369 e. The Morgan fingerprint density at radius 2 is 1.81 bits per heavy atom. The number of carbonyl (C=O) groups is 2.